The van der Waals surface area contributed by atoms with Crippen molar-refractivity contribution in [3.05, 3.63) is 131 Å². The summed E-state index contributed by atoms with van der Waals surface area (Å²) in [5.74, 6) is 1.88. The Balaban J connectivity index is 1.75. The first-order chi connectivity index (χ1) is 15.3. The van der Waals surface area contributed by atoms with E-state index in [1.165, 1.54) is 49.7 Å². The van der Waals surface area contributed by atoms with Crippen molar-refractivity contribution in [1.29, 1.82) is 0 Å². The van der Waals surface area contributed by atoms with Crippen LogP contribution in [0.5, 0.6) is 11.5 Å². The van der Waals surface area contributed by atoms with Gasteiger partial charge in [0.2, 0.25) is 0 Å². The zero-order chi connectivity index (χ0) is 20.6. The first-order valence-electron chi connectivity index (χ1n) is 10.8. The topological polar surface area (TPSA) is 9.23 Å². The Bertz CT molecular complexity index is 1480. The summed E-state index contributed by atoms with van der Waals surface area (Å²) in [6.07, 6.45) is 0. The monoisotopic (exact) mass is 396 g/mol. The molecule has 2 aliphatic rings. The molecule has 1 spiro atoms. The molecule has 1 aliphatic carbocycles. The molecule has 0 atom stereocenters. The summed E-state index contributed by atoms with van der Waals surface area (Å²) < 4.78 is 6.41. The highest BCUT2D eigenvalue weighted by Gasteiger charge is 2.51. The van der Waals surface area contributed by atoms with Crippen molar-refractivity contribution in [2.75, 3.05) is 0 Å². The summed E-state index contributed by atoms with van der Waals surface area (Å²) in [6, 6.07) is 37.3. The third kappa shape index (κ3) is 2.01. The van der Waals surface area contributed by atoms with E-state index in [-0.39, 0.29) is 5.41 Å². The molecule has 7 rings (SSSR count). The number of ether oxygens (including phenoxy) is 1. The molecule has 0 aromatic heterocycles. The molecule has 1 heteroatoms. The van der Waals surface area contributed by atoms with Crippen LogP contribution >= 0.6 is 0 Å². The maximum atomic E-state index is 6.41. The van der Waals surface area contributed by atoms with E-state index in [9.17, 15) is 0 Å². The van der Waals surface area contributed by atoms with Gasteiger partial charge in [0, 0.05) is 11.1 Å². The van der Waals surface area contributed by atoms with Gasteiger partial charge in [-0.15, -0.1) is 0 Å². The molecule has 1 aliphatic heterocycles. The van der Waals surface area contributed by atoms with E-state index in [1.807, 2.05) is 0 Å². The molecule has 0 fully saturated rings. The second-order valence-corrected chi connectivity index (χ2v) is 8.60. The molecule has 5 aromatic rings. The van der Waals surface area contributed by atoms with Gasteiger partial charge in [-0.25, -0.2) is 0 Å². The van der Waals surface area contributed by atoms with Gasteiger partial charge < -0.3 is 4.74 Å². The van der Waals surface area contributed by atoms with Crippen molar-refractivity contribution in [3.63, 3.8) is 0 Å². The van der Waals surface area contributed by atoms with Crippen LogP contribution < -0.4 is 4.74 Å². The molecule has 0 amide bonds. The maximum Gasteiger partial charge on any atom is 0.132 e. The summed E-state index contributed by atoms with van der Waals surface area (Å²) in [5.41, 5.74) is 8.70. The lowest BCUT2D eigenvalue weighted by atomic mass is 9.66. The minimum Gasteiger partial charge on any atom is -0.457 e. The highest BCUT2D eigenvalue weighted by Crippen LogP contribution is 2.62. The zero-order valence-electron chi connectivity index (χ0n) is 17.2. The van der Waals surface area contributed by atoms with Gasteiger partial charge in [-0.05, 0) is 52.1 Å². The predicted octanol–water partition coefficient (Wildman–Crippen LogP) is 7.62. The average molecular weight is 396 g/mol. The van der Waals surface area contributed by atoms with Gasteiger partial charge in [0.1, 0.15) is 11.5 Å². The molecule has 0 bridgehead atoms. The second kappa shape index (κ2) is 5.86. The first kappa shape index (κ1) is 16.9. The number of rotatable bonds is 0. The summed E-state index contributed by atoms with van der Waals surface area (Å²) in [7, 11) is 0. The summed E-state index contributed by atoms with van der Waals surface area (Å²) >= 11 is 0. The van der Waals surface area contributed by atoms with E-state index in [0.29, 0.717) is 0 Å². The molecule has 0 radical (unpaired) electrons. The molecule has 1 nitrogen and oxygen atoms in total. The molecule has 0 saturated heterocycles. The largest absolute Gasteiger partial charge is 0.457 e. The van der Waals surface area contributed by atoms with Crippen LogP contribution in [0, 0.1) is 6.92 Å². The Morgan fingerprint density at radius 2 is 1.23 bits per heavy atom. The third-order valence-corrected chi connectivity index (χ3v) is 6.98. The van der Waals surface area contributed by atoms with Gasteiger partial charge in [0.15, 0.2) is 0 Å². The van der Waals surface area contributed by atoms with Crippen molar-refractivity contribution in [1.82, 2.24) is 0 Å². The van der Waals surface area contributed by atoms with Gasteiger partial charge in [-0.2, -0.15) is 0 Å². The van der Waals surface area contributed by atoms with Crippen LogP contribution in [0.2, 0.25) is 0 Å². The molecule has 0 unspecified atom stereocenters. The second-order valence-electron chi connectivity index (χ2n) is 8.60. The molecule has 146 valence electrons. The molecule has 1 heterocycles. The molecule has 31 heavy (non-hydrogen) atoms. The molecular weight excluding hydrogens is 376 g/mol. The number of fused-ring (bicyclic) bond motifs is 11. The number of benzene rings is 5. The lowest BCUT2D eigenvalue weighted by Gasteiger charge is -2.39. The van der Waals surface area contributed by atoms with Crippen molar-refractivity contribution in [3.8, 4) is 22.6 Å². The van der Waals surface area contributed by atoms with Gasteiger partial charge in [-0.1, -0.05) is 96.6 Å². The fourth-order valence-corrected chi connectivity index (χ4v) is 5.79. The van der Waals surface area contributed by atoms with Crippen molar-refractivity contribution < 1.29 is 4.74 Å². The van der Waals surface area contributed by atoms with Crippen LogP contribution in [0.4, 0.5) is 0 Å². The van der Waals surface area contributed by atoms with Crippen LogP contribution in [0.15, 0.2) is 103 Å². The van der Waals surface area contributed by atoms with Gasteiger partial charge in [0.05, 0.1) is 5.41 Å². The normalized spacial score (nSPS) is 14.5. The average Bonchev–Trinajstić information content (AvgIpc) is 3.10. The maximum absolute atomic E-state index is 6.41. The van der Waals surface area contributed by atoms with Gasteiger partial charge in [0.25, 0.3) is 0 Å². The predicted molar refractivity (Wildman–Crippen MR) is 126 cm³/mol. The van der Waals surface area contributed by atoms with E-state index in [2.05, 4.69) is 110 Å². The van der Waals surface area contributed by atoms with Crippen LogP contribution in [0.25, 0.3) is 21.9 Å². The highest BCUT2D eigenvalue weighted by atomic mass is 16.5. The van der Waals surface area contributed by atoms with E-state index in [4.69, 9.17) is 4.74 Å². The zero-order valence-corrected chi connectivity index (χ0v) is 17.2. The van der Waals surface area contributed by atoms with E-state index in [0.717, 1.165) is 11.5 Å². The molecular formula is C30H20O. The number of aryl methyl sites for hydroxylation is 1. The van der Waals surface area contributed by atoms with E-state index < -0.39 is 0 Å². The fraction of sp³-hybridized carbons (Fsp3) is 0.0667. The Hall–Kier alpha value is -3.84. The minimum atomic E-state index is -0.381. The Morgan fingerprint density at radius 3 is 2.00 bits per heavy atom. The SMILES string of the molecule is Cc1ccc2c(c1)-c1c(ccc3ccccc13)C21c2ccccc2Oc2ccccc21. The van der Waals surface area contributed by atoms with Gasteiger partial charge >= 0.3 is 0 Å². The smallest absolute Gasteiger partial charge is 0.132 e. The van der Waals surface area contributed by atoms with Crippen LogP contribution in [-0.2, 0) is 5.41 Å². The highest BCUT2D eigenvalue weighted by molar-refractivity contribution is 6.04. The van der Waals surface area contributed by atoms with E-state index in [1.54, 1.807) is 0 Å². The standard InChI is InChI=1S/C30H20O/c1-19-14-16-23-22(18-19)29-21-9-3-2-8-20(21)15-17-26(29)30(23)24-10-4-6-12-27(24)31-28-13-7-5-11-25(28)30/h2-18H,1H3. The fourth-order valence-electron chi connectivity index (χ4n) is 5.79. The third-order valence-electron chi connectivity index (χ3n) is 6.98. The first-order valence-corrected chi connectivity index (χ1v) is 10.8. The number of para-hydroxylation sites is 2. The van der Waals surface area contributed by atoms with E-state index >= 15 is 0 Å². The lowest BCUT2D eigenvalue weighted by Crippen LogP contribution is -2.32. The summed E-state index contributed by atoms with van der Waals surface area (Å²) in [5, 5.41) is 2.59. The molecule has 0 N–H and O–H groups in total. The molecule has 0 saturated carbocycles. The number of hydrogen-bond donors (Lipinski definition) is 0. The summed E-state index contributed by atoms with van der Waals surface area (Å²) in [6.45, 7) is 2.18. The lowest BCUT2D eigenvalue weighted by molar-refractivity contribution is 0.436. The van der Waals surface area contributed by atoms with Gasteiger partial charge in [-0.3, -0.25) is 0 Å². The Morgan fingerprint density at radius 1 is 0.581 bits per heavy atom. The molecule has 5 aromatic carbocycles. The van der Waals surface area contributed by atoms with Crippen LogP contribution in [-0.4, -0.2) is 0 Å². The van der Waals surface area contributed by atoms with Crippen molar-refractivity contribution in [2.24, 2.45) is 0 Å². The van der Waals surface area contributed by atoms with Crippen molar-refractivity contribution in [2.45, 2.75) is 12.3 Å². The minimum absolute atomic E-state index is 0.381. The van der Waals surface area contributed by atoms with Crippen LogP contribution in [0.1, 0.15) is 27.8 Å². The van der Waals surface area contributed by atoms with Crippen molar-refractivity contribution >= 4 is 10.8 Å². The quantitative estimate of drug-likeness (QED) is 0.256. The summed E-state index contributed by atoms with van der Waals surface area (Å²) in [4.78, 5) is 0. The Labute approximate surface area is 181 Å². The number of hydrogen-bond acceptors (Lipinski definition) is 1. The van der Waals surface area contributed by atoms with Crippen LogP contribution in [0.3, 0.4) is 0 Å². The Kier molecular flexibility index (Phi) is 3.20.